The van der Waals surface area contributed by atoms with Gasteiger partial charge in [-0.25, -0.2) is 14.6 Å². The lowest BCUT2D eigenvalue weighted by Crippen LogP contribution is -2.36. The highest BCUT2D eigenvalue weighted by atomic mass is 16.5. The third-order valence-corrected chi connectivity index (χ3v) is 4.93. The van der Waals surface area contributed by atoms with Crippen LogP contribution in [0.5, 0.6) is 0 Å². The molecule has 0 amide bonds. The quantitative estimate of drug-likeness (QED) is 0.547. The molecule has 4 aromatic rings. The van der Waals surface area contributed by atoms with E-state index in [-0.39, 0.29) is 0 Å². The second kappa shape index (κ2) is 8.26. The lowest BCUT2D eigenvalue weighted by molar-refractivity contribution is 0.122. The maximum Gasteiger partial charge on any atom is 0.227 e. The number of hydrogen-bond acceptors (Lipinski definition) is 8. The first-order valence-corrected chi connectivity index (χ1v) is 9.72. The van der Waals surface area contributed by atoms with Crippen LogP contribution in [0.1, 0.15) is 0 Å². The van der Waals surface area contributed by atoms with Gasteiger partial charge in [0.2, 0.25) is 5.95 Å². The number of nitrogens with zero attached hydrogens (tertiary/aromatic N) is 7. The highest BCUT2D eigenvalue weighted by Gasteiger charge is 2.11. The normalized spacial score (nSPS) is 13.9. The summed E-state index contributed by atoms with van der Waals surface area (Å²) in [6.45, 7) is 3.39. The average Bonchev–Trinajstić information content (AvgIpc) is 3.36. The molecule has 2 aromatic carbocycles. The molecule has 1 N–H and O–H groups in total. The molecule has 3 heterocycles. The van der Waals surface area contributed by atoms with Crippen molar-refractivity contribution in [2.24, 2.45) is 0 Å². The van der Waals surface area contributed by atoms with E-state index in [0.717, 1.165) is 48.9 Å². The Hall–Kier alpha value is -3.85. The van der Waals surface area contributed by atoms with E-state index < -0.39 is 0 Å². The van der Waals surface area contributed by atoms with Crippen molar-refractivity contribution in [2.45, 2.75) is 0 Å². The predicted octanol–water partition coefficient (Wildman–Crippen LogP) is 2.70. The molecule has 9 heteroatoms. The first-order valence-electron chi connectivity index (χ1n) is 9.72. The zero-order chi connectivity index (χ0) is 20.2. The van der Waals surface area contributed by atoms with Crippen LogP contribution in [0, 0.1) is 0 Å². The fourth-order valence-corrected chi connectivity index (χ4v) is 3.35. The van der Waals surface area contributed by atoms with Gasteiger partial charge in [-0.2, -0.15) is 0 Å². The zero-order valence-corrected chi connectivity index (χ0v) is 16.2. The molecule has 5 rings (SSSR count). The fraction of sp³-hybridized carbons (Fsp3) is 0.190. The molecular formula is C21H20N8O. The summed E-state index contributed by atoms with van der Waals surface area (Å²) in [6.07, 6.45) is 3.31. The molecule has 1 fully saturated rings. The third-order valence-electron chi connectivity index (χ3n) is 4.93. The Morgan fingerprint density at radius 2 is 1.63 bits per heavy atom. The van der Waals surface area contributed by atoms with Crippen LogP contribution >= 0.6 is 0 Å². The van der Waals surface area contributed by atoms with E-state index in [1.807, 2.05) is 42.5 Å². The van der Waals surface area contributed by atoms with Crippen molar-refractivity contribution in [3.8, 4) is 16.9 Å². The number of ether oxygens (including phenoxy) is 1. The molecule has 0 bridgehead atoms. The van der Waals surface area contributed by atoms with Crippen LogP contribution in [0.15, 0.2) is 67.1 Å². The SMILES string of the molecule is c1cc(-c2ccc(-n3cnnn3)cc2)nc(Nc2ccc(N3CCOCC3)cc2)n1. The summed E-state index contributed by atoms with van der Waals surface area (Å²) in [7, 11) is 0. The second-order valence-corrected chi connectivity index (χ2v) is 6.84. The standard InChI is InChI=1S/C21H20N8O/c1-5-19(29-15-23-26-27-29)6-2-16(1)20-9-10-22-21(25-20)24-17-3-7-18(8-4-17)28-11-13-30-14-12-28/h1-10,15H,11-14H2,(H,22,24,25). The number of rotatable bonds is 5. The van der Waals surface area contributed by atoms with Crippen molar-refractivity contribution in [1.29, 1.82) is 0 Å². The van der Waals surface area contributed by atoms with Crippen molar-refractivity contribution in [3.05, 3.63) is 67.1 Å². The molecule has 0 unspecified atom stereocenters. The lowest BCUT2D eigenvalue weighted by Gasteiger charge is -2.28. The number of tetrazole rings is 1. The van der Waals surface area contributed by atoms with E-state index in [1.54, 1.807) is 17.2 Å². The Morgan fingerprint density at radius 3 is 2.37 bits per heavy atom. The van der Waals surface area contributed by atoms with Crippen LogP contribution < -0.4 is 10.2 Å². The average molecular weight is 400 g/mol. The summed E-state index contributed by atoms with van der Waals surface area (Å²) in [4.78, 5) is 11.3. The Bertz CT molecular complexity index is 1090. The number of anilines is 3. The highest BCUT2D eigenvalue weighted by molar-refractivity contribution is 5.64. The van der Waals surface area contributed by atoms with Gasteiger partial charge in [-0.15, -0.1) is 5.10 Å². The second-order valence-electron chi connectivity index (χ2n) is 6.84. The molecule has 9 nitrogen and oxygen atoms in total. The molecular weight excluding hydrogens is 380 g/mol. The van der Waals surface area contributed by atoms with Crippen molar-refractivity contribution < 1.29 is 4.74 Å². The first kappa shape index (κ1) is 18.2. The van der Waals surface area contributed by atoms with Crippen molar-refractivity contribution >= 4 is 17.3 Å². The number of benzene rings is 2. The largest absolute Gasteiger partial charge is 0.378 e. The molecule has 0 spiro atoms. The van der Waals surface area contributed by atoms with E-state index in [0.29, 0.717) is 5.95 Å². The summed E-state index contributed by atoms with van der Waals surface area (Å²) >= 11 is 0. The lowest BCUT2D eigenvalue weighted by atomic mass is 10.1. The third kappa shape index (κ3) is 3.96. The molecule has 0 aliphatic carbocycles. The van der Waals surface area contributed by atoms with Crippen LogP contribution in [0.25, 0.3) is 16.9 Å². The molecule has 150 valence electrons. The minimum Gasteiger partial charge on any atom is -0.378 e. The van der Waals surface area contributed by atoms with Gasteiger partial charge in [0, 0.05) is 36.2 Å². The molecule has 1 aliphatic rings. The van der Waals surface area contributed by atoms with Gasteiger partial charge >= 0.3 is 0 Å². The van der Waals surface area contributed by atoms with E-state index in [9.17, 15) is 0 Å². The summed E-state index contributed by atoms with van der Waals surface area (Å²) in [6, 6.07) is 18.1. The van der Waals surface area contributed by atoms with E-state index in [2.05, 4.69) is 47.8 Å². The molecule has 1 saturated heterocycles. The predicted molar refractivity (Wildman–Crippen MR) is 113 cm³/mol. The van der Waals surface area contributed by atoms with E-state index in [1.165, 1.54) is 5.69 Å². The van der Waals surface area contributed by atoms with Gasteiger partial charge in [0.25, 0.3) is 0 Å². The van der Waals surface area contributed by atoms with Crippen LogP contribution in [0.4, 0.5) is 17.3 Å². The van der Waals surface area contributed by atoms with Gasteiger partial charge in [-0.05, 0) is 52.9 Å². The Kier molecular flexibility index (Phi) is 5.01. The first-order chi connectivity index (χ1) is 14.8. The van der Waals surface area contributed by atoms with Gasteiger partial charge in [0.1, 0.15) is 6.33 Å². The molecule has 30 heavy (non-hydrogen) atoms. The van der Waals surface area contributed by atoms with Crippen LogP contribution in [-0.4, -0.2) is 56.5 Å². The van der Waals surface area contributed by atoms with E-state index in [4.69, 9.17) is 4.74 Å². The topological polar surface area (TPSA) is 93.9 Å². The van der Waals surface area contributed by atoms with Crippen molar-refractivity contribution in [2.75, 3.05) is 36.5 Å². The Balaban J connectivity index is 1.30. The smallest absolute Gasteiger partial charge is 0.227 e. The monoisotopic (exact) mass is 400 g/mol. The molecule has 0 atom stereocenters. The van der Waals surface area contributed by atoms with Gasteiger partial charge in [-0.3, -0.25) is 0 Å². The molecule has 2 aromatic heterocycles. The minimum absolute atomic E-state index is 0.552. The maximum absolute atomic E-state index is 5.42. The van der Waals surface area contributed by atoms with E-state index >= 15 is 0 Å². The molecule has 0 saturated carbocycles. The number of morpholine rings is 1. The zero-order valence-electron chi connectivity index (χ0n) is 16.2. The summed E-state index contributed by atoms with van der Waals surface area (Å²) in [5.41, 5.74) is 4.84. The Labute approximate surface area is 173 Å². The van der Waals surface area contributed by atoms with Gasteiger partial charge in [-0.1, -0.05) is 12.1 Å². The van der Waals surface area contributed by atoms with Crippen molar-refractivity contribution in [1.82, 2.24) is 30.2 Å². The molecule has 1 aliphatic heterocycles. The fourth-order valence-electron chi connectivity index (χ4n) is 3.35. The Morgan fingerprint density at radius 1 is 0.867 bits per heavy atom. The van der Waals surface area contributed by atoms with Gasteiger partial charge in [0.15, 0.2) is 0 Å². The molecule has 0 radical (unpaired) electrons. The van der Waals surface area contributed by atoms with Crippen molar-refractivity contribution in [3.63, 3.8) is 0 Å². The summed E-state index contributed by atoms with van der Waals surface area (Å²) in [5, 5.41) is 14.5. The van der Waals surface area contributed by atoms with Gasteiger partial charge in [0.05, 0.1) is 24.6 Å². The van der Waals surface area contributed by atoms with Crippen LogP contribution in [0.2, 0.25) is 0 Å². The number of aromatic nitrogens is 6. The highest BCUT2D eigenvalue weighted by Crippen LogP contribution is 2.23. The minimum atomic E-state index is 0.552. The van der Waals surface area contributed by atoms with Crippen LogP contribution in [-0.2, 0) is 4.74 Å². The van der Waals surface area contributed by atoms with Gasteiger partial charge < -0.3 is 15.0 Å². The maximum atomic E-state index is 5.42. The summed E-state index contributed by atoms with van der Waals surface area (Å²) < 4.78 is 7.02. The van der Waals surface area contributed by atoms with Crippen LogP contribution in [0.3, 0.4) is 0 Å². The number of nitrogens with one attached hydrogen (secondary N) is 1. The summed E-state index contributed by atoms with van der Waals surface area (Å²) in [5.74, 6) is 0.552. The number of hydrogen-bond donors (Lipinski definition) is 1.